The summed E-state index contributed by atoms with van der Waals surface area (Å²) in [7, 11) is 0. The Balaban J connectivity index is 4.46. The molecule has 0 heterocycles. The quantitative estimate of drug-likeness (QED) is 0.0266. The van der Waals surface area contributed by atoms with Gasteiger partial charge >= 0.3 is 17.9 Å². The molecular formula is C51H84O6. The lowest BCUT2D eigenvalue weighted by Crippen LogP contribution is -2.30. The number of carbonyl (C=O) groups is 3. The molecule has 6 nitrogen and oxygen atoms in total. The summed E-state index contributed by atoms with van der Waals surface area (Å²) in [5, 5.41) is 0. The van der Waals surface area contributed by atoms with Gasteiger partial charge in [0.2, 0.25) is 0 Å². The number of esters is 3. The molecule has 0 aliphatic rings. The van der Waals surface area contributed by atoms with Gasteiger partial charge in [0, 0.05) is 12.8 Å². The van der Waals surface area contributed by atoms with Gasteiger partial charge < -0.3 is 14.2 Å². The van der Waals surface area contributed by atoms with Crippen molar-refractivity contribution >= 4 is 17.9 Å². The Hall–Kier alpha value is -3.41. The SMILES string of the molecule is CC/C=C\C/C=C\C/C=C\CCCCCCCCC(=O)OCC(COC(=O)C/C=C\C/C=C\C/C=C\CC)OC(=O)CCCCC/C=C\CCCCCCCCC. The van der Waals surface area contributed by atoms with Crippen LogP contribution in [0.3, 0.4) is 0 Å². The van der Waals surface area contributed by atoms with Crippen LogP contribution in [0.4, 0.5) is 0 Å². The summed E-state index contributed by atoms with van der Waals surface area (Å²) >= 11 is 0. The average Bonchev–Trinajstić information content (AvgIpc) is 3.21. The second kappa shape index (κ2) is 45.3. The first-order valence-electron chi connectivity index (χ1n) is 23.1. The minimum absolute atomic E-state index is 0.117. The third kappa shape index (κ3) is 43.6. The lowest BCUT2D eigenvalue weighted by Gasteiger charge is -2.18. The van der Waals surface area contributed by atoms with E-state index in [1.165, 1.54) is 57.8 Å². The highest BCUT2D eigenvalue weighted by Crippen LogP contribution is 2.12. The summed E-state index contributed by atoms with van der Waals surface area (Å²) in [4.78, 5) is 37.6. The molecule has 0 N–H and O–H groups in total. The molecule has 0 fully saturated rings. The number of allylic oxidation sites excluding steroid dienone is 13. The number of hydrogen-bond donors (Lipinski definition) is 0. The van der Waals surface area contributed by atoms with Gasteiger partial charge in [-0.05, 0) is 89.9 Å². The van der Waals surface area contributed by atoms with E-state index < -0.39 is 12.1 Å². The molecule has 0 saturated carbocycles. The van der Waals surface area contributed by atoms with E-state index >= 15 is 0 Å². The maximum atomic E-state index is 12.7. The minimum Gasteiger partial charge on any atom is -0.462 e. The molecule has 0 bridgehead atoms. The molecule has 0 aromatic rings. The van der Waals surface area contributed by atoms with Crippen LogP contribution in [0.25, 0.3) is 0 Å². The van der Waals surface area contributed by atoms with E-state index in [0.29, 0.717) is 6.42 Å². The fourth-order valence-electron chi connectivity index (χ4n) is 5.98. The van der Waals surface area contributed by atoms with Crippen molar-refractivity contribution in [3.63, 3.8) is 0 Å². The maximum absolute atomic E-state index is 12.7. The summed E-state index contributed by atoms with van der Waals surface area (Å²) < 4.78 is 16.6. The molecule has 0 spiro atoms. The van der Waals surface area contributed by atoms with Gasteiger partial charge in [-0.15, -0.1) is 0 Å². The van der Waals surface area contributed by atoms with Gasteiger partial charge in [0.05, 0.1) is 6.42 Å². The summed E-state index contributed by atoms with van der Waals surface area (Å²) in [6.07, 6.45) is 57.4. The number of ether oxygens (including phenoxy) is 3. The largest absolute Gasteiger partial charge is 0.462 e. The normalized spacial score (nSPS) is 12.8. The third-order valence-corrected chi connectivity index (χ3v) is 9.40. The molecule has 0 aromatic heterocycles. The Morgan fingerprint density at radius 2 is 0.754 bits per heavy atom. The molecule has 0 radical (unpaired) electrons. The minimum atomic E-state index is -0.823. The van der Waals surface area contributed by atoms with Crippen LogP contribution >= 0.6 is 0 Å². The van der Waals surface area contributed by atoms with E-state index in [4.69, 9.17) is 14.2 Å². The van der Waals surface area contributed by atoms with Crippen molar-refractivity contribution in [2.24, 2.45) is 0 Å². The highest BCUT2D eigenvalue weighted by molar-refractivity contribution is 5.72. The average molecular weight is 793 g/mol. The van der Waals surface area contributed by atoms with Gasteiger partial charge in [-0.25, -0.2) is 0 Å². The predicted molar refractivity (Wildman–Crippen MR) is 242 cm³/mol. The smallest absolute Gasteiger partial charge is 0.309 e. The van der Waals surface area contributed by atoms with Crippen molar-refractivity contribution < 1.29 is 28.6 Å². The second-order valence-corrected chi connectivity index (χ2v) is 14.9. The fourth-order valence-corrected chi connectivity index (χ4v) is 5.98. The zero-order valence-electron chi connectivity index (χ0n) is 36.8. The topological polar surface area (TPSA) is 78.9 Å². The first-order chi connectivity index (χ1) is 28.0. The molecule has 0 saturated heterocycles. The lowest BCUT2D eigenvalue weighted by atomic mass is 10.1. The fraction of sp³-hybridized carbons (Fsp3) is 0.667. The molecule has 0 aliphatic heterocycles. The Bertz CT molecular complexity index is 1140. The van der Waals surface area contributed by atoms with Crippen molar-refractivity contribution in [1.29, 1.82) is 0 Å². The van der Waals surface area contributed by atoms with Crippen LogP contribution in [0.15, 0.2) is 85.1 Å². The molecule has 1 unspecified atom stereocenters. The second-order valence-electron chi connectivity index (χ2n) is 14.9. The molecule has 1 atom stereocenters. The van der Waals surface area contributed by atoms with E-state index in [-0.39, 0.29) is 38.0 Å². The van der Waals surface area contributed by atoms with Crippen LogP contribution in [0.1, 0.15) is 201 Å². The first kappa shape index (κ1) is 53.6. The summed E-state index contributed by atoms with van der Waals surface area (Å²) in [6.45, 7) is 6.26. The van der Waals surface area contributed by atoms with Crippen LogP contribution in [0.5, 0.6) is 0 Å². The van der Waals surface area contributed by atoms with Gasteiger partial charge in [-0.3, -0.25) is 14.4 Å². The lowest BCUT2D eigenvalue weighted by molar-refractivity contribution is -0.166. The number of hydrogen-bond acceptors (Lipinski definition) is 6. The molecule has 0 rings (SSSR count). The molecular weight excluding hydrogens is 709 g/mol. The van der Waals surface area contributed by atoms with E-state index in [1.54, 1.807) is 6.08 Å². The Kier molecular flexibility index (Phi) is 42.6. The van der Waals surface area contributed by atoms with Crippen LogP contribution in [0.2, 0.25) is 0 Å². The van der Waals surface area contributed by atoms with Crippen LogP contribution < -0.4 is 0 Å². The van der Waals surface area contributed by atoms with Crippen molar-refractivity contribution in [2.45, 2.75) is 207 Å². The van der Waals surface area contributed by atoms with Crippen molar-refractivity contribution in [3.8, 4) is 0 Å². The molecule has 0 amide bonds. The Morgan fingerprint density at radius 1 is 0.386 bits per heavy atom. The Morgan fingerprint density at radius 3 is 1.26 bits per heavy atom. The van der Waals surface area contributed by atoms with E-state index in [1.807, 2.05) is 6.08 Å². The van der Waals surface area contributed by atoms with E-state index in [2.05, 4.69) is 93.7 Å². The number of carbonyl (C=O) groups excluding carboxylic acids is 3. The third-order valence-electron chi connectivity index (χ3n) is 9.40. The molecule has 0 aliphatic carbocycles. The summed E-state index contributed by atoms with van der Waals surface area (Å²) in [6, 6.07) is 0. The zero-order chi connectivity index (χ0) is 41.5. The molecule has 6 heteroatoms. The highest BCUT2D eigenvalue weighted by Gasteiger charge is 2.19. The van der Waals surface area contributed by atoms with Gasteiger partial charge in [0.25, 0.3) is 0 Å². The van der Waals surface area contributed by atoms with Crippen molar-refractivity contribution in [1.82, 2.24) is 0 Å². The Labute approximate surface area is 350 Å². The van der Waals surface area contributed by atoms with Gasteiger partial charge in [0.1, 0.15) is 13.2 Å². The maximum Gasteiger partial charge on any atom is 0.309 e. The van der Waals surface area contributed by atoms with Crippen LogP contribution in [-0.2, 0) is 28.6 Å². The van der Waals surface area contributed by atoms with Gasteiger partial charge in [-0.2, -0.15) is 0 Å². The van der Waals surface area contributed by atoms with Gasteiger partial charge in [0.15, 0.2) is 6.10 Å². The monoisotopic (exact) mass is 793 g/mol. The molecule has 57 heavy (non-hydrogen) atoms. The molecule has 0 aromatic carbocycles. The van der Waals surface area contributed by atoms with Crippen LogP contribution in [-0.4, -0.2) is 37.2 Å². The molecule has 324 valence electrons. The van der Waals surface area contributed by atoms with E-state index in [0.717, 1.165) is 103 Å². The number of unbranched alkanes of at least 4 members (excludes halogenated alkanes) is 16. The van der Waals surface area contributed by atoms with E-state index in [9.17, 15) is 14.4 Å². The van der Waals surface area contributed by atoms with Crippen molar-refractivity contribution in [2.75, 3.05) is 13.2 Å². The van der Waals surface area contributed by atoms with Gasteiger partial charge in [-0.1, -0.05) is 176 Å². The number of rotatable bonds is 40. The summed E-state index contributed by atoms with van der Waals surface area (Å²) in [5.74, 6) is -1.08. The standard InChI is InChI=1S/C51H84O6/c1-4-7-10-13-16-19-21-23-25-26-28-29-32-35-38-41-44-50(53)56-47-48(46-55-49(52)43-40-37-34-31-18-15-12-9-6-3)57-51(54)45-42-39-36-33-30-27-24-22-20-17-14-11-8-5-2/h7,9-10,12,16,18-19,23,25,27,30-31,37,40,48H,4-6,8,11,13-15,17,20-22,24,26,28-29,32-36,38-39,41-47H2,1-3H3/b10-7-,12-9-,19-16-,25-23-,30-27-,31-18-,40-37-. The zero-order valence-corrected chi connectivity index (χ0v) is 36.8. The van der Waals surface area contributed by atoms with Crippen LogP contribution in [0, 0.1) is 0 Å². The predicted octanol–water partition coefficient (Wildman–Crippen LogP) is 14.9. The highest BCUT2D eigenvalue weighted by atomic mass is 16.6. The van der Waals surface area contributed by atoms with Crippen molar-refractivity contribution in [3.05, 3.63) is 85.1 Å². The first-order valence-corrected chi connectivity index (χ1v) is 23.1. The summed E-state index contributed by atoms with van der Waals surface area (Å²) in [5.41, 5.74) is 0.